The van der Waals surface area contributed by atoms with E-state index in [1.54, 1.807) is 7.05 Å². The maximum atomic E-state index is 11.7. The van der Waals surface area contributed by atoms with Crippen LogP contribution in [0.4, 0.5) is 0 Å². The molecule has 0 aliphatic rings. The maximum absolute atomic E-state index is 11.7. The lowest BCUT2D eigenvalue weighted by Crippen LogP contribution is -2.49. The third-order valence-electron chi connectivity index (χ3n) is 2.46. The fourth-order valence-electron chi connectivity index (χ4n) is 1.52. The predicted molar refractivity (Wildman–Crippen MR) is 102 cm³/mol. The molecule has 0 aliphatic heterocycles. The fraction of sp³-hybridized carbons (Fsp3) is 0.846. The summed E-state index contributed by atoms with van der Waals surface area (Å²) >= 11 is 0. The number of hydrogen-bond acceptors (Lipinski definition) is 4. The molecule has 132 valence electrons. The van der Waals surface area contributed by atoms with E-state index in [9.17, 15) is 13.2 Å². The Labute approximate surface area is 151 Å². The molecule has 0 bridgehead atoms. The second kappa shape index (κ2) is 10.2. The molecule has 0 aromatic rings. The third-order valence-corrected chi connectivity index (χ3v) is 3.44. The van der Waals surface area contributed by atoms with Crippen LogP contribution in [0.5, 0.6) is 0 Å². The molecule has 0 saturated heterocycles. The summed E-state index contributed by atoms with van der Waals surface area (Å²) in [6, 6.07) is -0.0587. The number of sulfone groups is 1. The van der Waals surface area contributed by atoms with Crippen molar-refractivity contribution in [1.29, 1.82) is 0 Å². The normalized spacial score (nSPS) is 13.8. The highest BCUT2D eigenvalue weighted by Gasteiger charge is 2.14. The molecule has 22 heavy (non-hydrogen) atoms. The molecule has 1 amide bonds. The number of guanidine groups is 1. The van der Waals surface area contributed by atoms with Crippen molar-refractivity contribution >= 4 is 45.7 Å². The van der Waals surface area contributed by atoms with Crippen LogP contribution < -0.4 is 16.0 Å². The standard InChI is InChI=1S/C13H28N4O3S.HI/c1-10(7-8-21(6,19)20)16-12(14-5)15-9-11(18)17-13(2,3)4;/h10H,7-9H2,1-6H3,(H,17,18)(H2,14,15,16);1H. The van der Waals surface area contributed by atoms with E-state index < -0.39 is 9.84 Å². The van der Waals surface area contributed by atoms with E-state index in [1.165, 1.54) is 6.26 Å². The van der Waals surface area contributed by atoms with Crippen LogP contribution in [0.15, 0.2) is 4.99 Å². The van der Waals surface area contributed by atoms with Crippen LogP contribution in [0.3, 0.4) is 0 Å². The summed E-state index contributed by atoms with van der Waals surface area (Å²) in [5.41, 5.74) is -0.279. The molecule has 0 saturated carbocycles. The van der Waals surface area contributed by atoms with Crippen LogP contribution in [0.2, 0.25) is 0 Å². The summed E-state index contributed by atoms with van der Waals surface area (Å²) in [5, 5.41) is 8.78. The van der Waals surface area contributed by atoms with Crippen LogP contribution in [0.25, 0.3) is 0 Å². The van der Waals surface area contributed by atoms with Crippen molar-refractivity contribution in [3.8, 4) is 0 Å². The molecule has 9 heteroatoms. The summed E-state index contributed by atoms with van der Waals surface area (Å²) in [6.07, 6.45) is 1.69. The van der Waals surface area contributed by atoms with E-state index in [0.717, 1.165) is 0 Å². The number of nitrogens with one attached hydrogen (secondary N) is 3. The van der Waals surface area contributed by atoms with Gasteiger partial charge in [-0.2, -0.15) is 0 Å². The van der Waals surface area contributed by atoms with Crippen molar-refractivity contribution in [3.63, 3.8) is 0 Å². The van der Waals surface area contributed by atoms with Gasteiger partial charge >= 0.3 is 0 Å². The second-order valence-corrected chi connectivity index (χ2v) is 8.45. The van der Waals surface area contributed by atoms with Gasteiger partial charge in [-0.1, -0.05) is 0 Å². The van der Waals surface area contributed by atoms with Crippen LogP contribution in [-0.4, -0.2) is 57.5 Å². The molecule has 0 aliphatic carbocycles. The van der Waals surface area contributed by atoms with Gasteiger partial charge in [0.15, 0.2) is 5.96 Å². The lowest BCUT2D eigenvalue weighted by Gasteiger charge is -2.22. The number of carbonyl (C=O) groups excluding carboxylic acids is 1. The Morgan fingerprint density at radius 1 is 1.27 bits per heavy atom. The molecule has 3 N–H and O–H groups in total. The summed E-state index contributed by atoms with van der Waals surface area (Å²) in [4.78, 5) is 15.7. The van der Waals surface area contributed by atoms with Gasteiger partial charge in [-0.3, -0.25) is 9.79 Å². The highest BCUT2D eigenvalue weighted by Crippen LogP contribution is 1.97. The van der Waals surface area contributed by atoms with E-state index in [0.29, 0.717) is 12.4 Å². The minimum atomic E-state index is -2.97. The Balaban J connectivity index is 0. The maximum Gasteiger partial charge on any atom is 0.239 e. The highest BCUT2D eigenvalue weighted by molar-refractivity contribution is 14.0. The van der Waals surface area contributed by atoms with Crippen molar-refractivity contribution in [2.24, 2.45) is 4.99 Å². The van der Waals surface area contributed by atoms with E-state index in [-0.39, 0.29) is 53.8 Å². The van der Waals surface area contributed by atoms with Crippen molar-refractivity contribution < 1.29 is 13.2 Å². The zero-order chi connectivity index (χ0) is 16.7. The van der Waals surface area contributed by atoms with Crippen LogP contribution in [-0.2, 0) is 14.6 Å². The van der Waals surface area contributed by atoms with Crippen molar-refractivity contribution in [2.45, 2.75) is 45.7 Å². The van der Waals surface area contributed by atoms with Crippen LogP contribution in [0, 0.1) is 0 Å². The van der Waals surface area contributed by atoms with E-state index in [1.807, 2.05) is 27.7 Å². The number of nitrogens with zero attached hydrogens (tertiary/aromatic N) is 1. The van der Waals surface area contributed by atoms with E-state index >= 15 is 0 Å². The zero-order valence-corrected chi connectivity index (χ0v) is 17.3. The average Bonchev–Trinajstić information content (AvgIpc) is 2.28. The molecule has 0 fully saturated rings. The van der Waals surface area contributed by atoms with Gasteiger partial charge in [0.05, 0.1) is 12.3 Å². The van der Waals surface area contributed by atoms with Crippen molar-refractivity contribution in [1.82, 2.24) is 16.0 Å². The summed E-state index contributed by atoms with van der Waals surface area (Å²) < 4.78 is 22.2. The first-order valence-corrected chi connectivity index (χ1v) is 8.95. The zero-order valence-electron chi connectivity index (χ0n) is 14.2. The van der Waals surface area contributed by atoms with Crippen molar-refractivity contribution in [2.75, 3.05) is 25.6 Å². The van der Waals surface area contributed by atoms with E-state index in [4.69, 9.17) is 0 Å². The SMILES string of the molecule is CN=C(NCC(=O)NC(C)(C)C)NC(C)CCS(C)(=O)=O.I. The molecule has 7 nitrogen and oxygen atoms in total. The lowest BCUT2D eigenvalue weighted by molar-refractivity contribution is -0.121. The quantitative estimate of drug-likeness (QED) is 0.313. The Bertz CT molecular complexity index is 472. The van der Waals surface area contributed by atoms with Crippen LogP contribution in [0.1, 0.15) is 34.1 Å². The first-order chi connectivity index (χ1) is 9.43. The van der Waals surface area contributed by atoms with E-state index in [2.05, 4.69) is 20.9 Å². The Morgan fingerprint density at radius 3 is 2.23 bits per heavy atom. The van der Waals surface area contributed by atoms with Gasteiger partial charge in [0, 0.05) is 24.9 Å². The van der Waals surface area contributed by atoms with Crippen LogP contribution >= 0.6 is 24.0 Å². The molecular formula is C13H29IN4O3S. The summed E-state index contributed by atoms with van der Waals surface area (Å²) in [7, 11) is -1.37. The number of hydrogen-bond donors (Lipinski definition) is 3. The first kappa shape index (κ1) is 23.7. The summed E-state index contributed by atoms with van der Waals surface area (Å²) in [5.74, 6) is 0.456. The molecule has 0 radical (unpaired) electrons. The predicted octanol–water partition coefficient (Wildman–Crippen LogP) is 0.507. The number of aliphatic imine (C=N–C) groups is 1. The van der Waals surface area contributed by atoms with Crippen molar-refractivity contribution in [3.05, 3.63) is 0 Å². The second-order valence-electron chi connectivity index (χ2n) is 6.19. The number of carbonyl (C=O) groups is 1. The minimum absolute atomic E-state index is 0. The average molecular weight is 448 g/mol. The largest absolute Gasteiger partial charge is 0.354 e. The molecule has 0 heterocycles. The molecule has 0 spiro atoms. The highest BCUT2D eigenvalue weighted by atomic mass is 127. The van der Waals surface area contributed by atoms with Gasteiger partial charge in [-0.25, -0.2) is 8.42 Å². The molecule has 1 atom stereocenters. The molecule has 1 unspecified atom stereocenters. The molecule has 0 aromatic heterocycles. The third kappa shape index (κ3) is 14.4. The number of rotatable bonds is 6. The Hall–Kier alpha value is -0.580. The lowest BCUT2D eigenvalue weighted by atomic mass is 10.1. The number of halogens is 1. The molecule has 0 rings (SSSR count). The van der Waals surface area contributed by atoms with Gasteiger partial charge in [0.1, 0.15) is 9.84 Å². The molecular weight excluding hydrogens is 419 g/mol. The van der Waals surface area contributed by atoms with Gasteiger partial charge in [0.2, 0.25) is 5.91 Å². The van der Waals surface area contributed by atoms with Gasteiger partial charge < -0.3 is 16.0 Å². The Morgan fingerprint density at radius 2 is 1.82 bits per heavy atom. The topological polar surface area (TPSA) is 99.7 Å². The van der Waals surface area contributed by atoms with Gasteiger partial charge in [-0.15, -0.1) is 24.0 Å². The summed E-state index contributed by atoms with van der Waals surface area (Å²) in [6.45, 7) is 7.70. The monoisotopic (exact) mass is 448 g/mol. The van der Waals surface area contributed by atoms with Gasteiger partial charge in [0.25, 0.3) is 0 Å². The smallest absolute Gasteiger partial charge is 0.239 e. The molecule has 0 aromatic carbocycles. The fourth-order valence-corrected chi connectivity index (χ4v) is 2.30. The number of amides is 1. The van der Waals surface area contributed by atoms with Gasteiger partial charge in [-0.05, 0) is 34.1 Å². The minimum Gasteiger partial charge on any atom is -0.354 e. The Kier molecular flexibility index (Phi) is 11.0. The first-order valence-electron chi connectivity index (χ1n) is 6.89.